The van der Waals surface area contributed by atoms with E-state index in [2.05, 4.69) is 4.90 Å². The number of carbonyl (C=O) groups excluding carboxylic acids is 6. The lowest BCUT2D eigenvalue weighted by atomic mass is 9.93. The molecule has 0 spiro atoms. The van der Waals surface area contributed by atoms with Crippen LogP contribution in [0.1, 0.15) is 30.5 Å². The van der Waals surface area contributed by atoms with Crippen molar-refractivity contribution in [2.75, 3.05) is 39.5 Å². The highest BCUT2D eigenvalue weighted by atomic mass is 16.6. The first-order valence-electron chi connectivity index (χ1n) is 18.0. The lowest BCUT2D eigenvalue weighted by molar-refractivity contribution is -0.152. The summed E-state index contributed by atoms with van der Waals surface area (Å²) in [6.07, 6.45) is 1.73. The van der Waals surface area contributed by atoms with Crippen molar-refractivity contribution in [3.63, 3.8) is 0 Å². The second-order valence-corrected chi connectivity index (χ2v) is 13.0. The molecule has 0 radical (unpaired) electrons. The fourth-order valence-electron chi connectivity index (χ4n) is 6.72. The van der Waals surface area contributed by atoms with Gasteiger partial charge in [0.15, 0.2) is 0 Å². The molecule has 3 fully saturated rings. The van der Waals surface area contributed by atoms with Gasteiger partial charge >= 0.3 is 24.1 Å². The minimum Gasteiger partial charge on any atom is -0.466 e. The summed E-state index contributed by atoms with van der Waals surface area (Å²) in [5, 5.41) is 0. The van der Waals surface area contributed by atoms with Gasteiger partial charge < -0.3 is 18.9 Å². The van der Waals surface area contributed by atoms with E-state index in [0.29, 0.717) is 32.5 Å². The molecule has 0 bridgehead atoms. The second kappa shape index (κ2) is 19.3. The summed E-state index contributed by atoms with van der Waals surface area (Å²) in [7, 11) is 0. The zero-order valence-electron chi connectivity index (χ0n) is 30.4. The number of esters is 2. The minimum atomic E-state index is -0.695. The van der Waals surface area contributed by atoms with E-state index in [-0.39, 0.29) is 44.4 Å². The molecule has 3 aromatic carbocycles. The first-order valence-corrected chi connectivity index (χ1v) is 18.0. The van der Waals surface area contributed by atoms with Gasteiger partial charge in [-0.2, -0.15) is 0 Å². The molecule has 284 valence electrons. The number of likely N-dealkylation sites (tertiary alicyclic amines) is 1. The molecular formula is C41H45N3O10. The van der Waals surface area contributed by atoms with Crippen LogP contribution < -0.4 is 0 Å². The number of hydrogen-bond donors (Lipinski definition) is 0. The SMILES string of the molecule is CCOC(=O)/C=C/C(=O)N1C(=O)OC[C@H]1Cc1ccccc1.CCOC(=O)[C@H]1CN(Cc2ccccc2)C[C@@H]1C(=O)N1C(=O)OC[C@H]1Cc1ccccc1. The first-order chi connectivity index (χ1) is 26.2. The average Bonchev–Trinajstić information content (AvgIpc) is 3.88. The Labute approximate surface area is 314 Å². The van der Waals surface area contributed by atoms with Crippen LogP contribution in [0.5, 0.6) is 0 Å². The van der Waals surface area contributed by atoms with Crippen LogP contribution in [0, 0.1) is 11.8 Å². The number of imide groups is 2. The Bertz CT molecular complexity index is 1790. The lowest BCUT2D eigenvalue weighted by Gasteiger charge is -2.25. The normalized spacial score (nSPS) is 20.9. The Balaban J connectivity index is 0.000000223. The number of cyclic esters (lactones) is 2. The number of carbonyl (C=O) groups is 6. The van der Waals surface area contributed by atoms with E-state index in [9.17, 15) is 28.8 Å². The maximum Gasteiger partial charge on any atom is 0.417 e. The maximum atomic E-state index is 13.6. The molecule has 3 heterocycles. The molecule has 13 heteroatoms. The van der Waals surface area contributed by atoms with Gasteiger partial charge in [0.1, 0.15) is 13.2 Å². The predicted molar refractivity (Wildman–Crippen MR) is 195 cm³/mol. The van der Waals surface area contributed by atoms with Crippen molar-refractivity contribution >= 4 is 35.9 Å². The number of amides is 4. The molecular weight excluding hydrogens is 694 g/mol. The van der Waals surface area contributed by atoms with Crippen molar-refractivity contribution in [3.05, 3.63) is 120 Å². The Kier molecular flexibility index (Phi) is 14.1. The highest BCUT2D eigenvalue weighted by Gasteiger charge is 2.49. The monoisotopic (exact) mass is 739 g/mol. The van der Waals surface area contributed by atoms with Gasteiger partial charge in [0, 0.05) is 31.8 Å². The van der Waals surface area contributed by atoms with Crippen LogP contribution in [-0.2, 0) is 57.5 Å². The number of hydrogen-bond acceptors (Lipinski definition) is 11. The molecule has 4 atom stereocenters. The van der Waals surface area contributed by atoms with E-state index in [1.165, 1.54) is 4.90 Å². The van der Waals surface area contributed by atoms with E-state index in [0.717, 1.165) is 33.7 Å². The van der Waals surface area contributed by atoms with Crippen LogP contribution >= 0.6 is 0 Å². The summed E-state index contributed by atoms with van der Waals surface area (Å²) in [5.74, 6) is -3.23. The van der Waals surface area contributed by atoms with Crippen molar-refractivity contribution in [3.8, 4) is 0 Å². The topological polar surface area (TPSA) is 149 Å². The van der Waals surface area contributed by atoms with Crippen molar-refractivity contribution in [1.82, 2.24) is 14.7 Å². The molecule has 13 nitrogen and oxygen atoms in total. The second-order valence-electron chi connectivity index (χ2n) is 13.0. The minimum absolute atomic E-state index is 0.146. The standard InChI is InChI=1S/C25H28N2O5.C16H17NO5/c1-2-31-24(29)22-16-26(14-19-11-7-4-8-12-19)15-21(22)23(28)27-20(17-32-25(27)30)13-18-9-5-3-6-10-18;1-2-21-15(19)9-8-14(18)17-13(11-22-16(17)20)10-12-6-4-3-5-7-12/h3-12,20-22H,2,13-17H2,1H3;3-9,13H,2,10-11H2,1H3/b;9-8+/t20-,21+,22+;13-/m11/s1. The molecule has 0 unspecified atom stereocenters. The molecule has 3 saturated heterocycles. The molecule has 0 saturated carbocycles. The third-order valence-corrected chi connectivity index (χ3v) is 9.22. The molecule has 54 heavy (non-hydrogen) atoms. The third-order valence-electron chi connectivity index (χ3n) is 9.22. The Hall–Kier alpha value is -5.82. The van der Waals surface area contributed by atoms with Crippen LogP contribution in [0.2, 0.25) is 0 Å². The number of benzene rings is 3. The molecule has 4 amide bonds. The number of rotatable bonds is 12. The van der Waals surface area contributed by atoms with Gasteiger partial charge in [-0.3, -0.25) is 19.3 Å². The van der Waals surface area contributed by atoms with Crippen molar-refractivity contribution < 1.29 is 47.7 Å². The average molecular weight is 740 g/mol. The van der Waals surface area contributed by atoms with Gasteiger partial charge in [-0.15, -0.1) is 0 Å². The van der Waals surface area contributed by atoms with Gasteiger partial charge in [-0.1, -0.05) is 91.0 Å². The molecule has 0 aromatic heterocycles. The zero-order valence-corrected chi connectivity index (χ0v) is 30.4. The van der Waals surface area contributed by atoms with Gasteiger partial charge in [0.2, 0.25) is 5.91 Å². The summed E-state index contributed by atoms with van der Waals surface area (Å²) < 4.78 is 20.1. The summed E-state index contributed by atoms with van der Waals surface area (Å²) in [5.41, 5.74) is 3.12. The van der Waals surface area contributed by atoms with E-state index < -0.39 is 41.9 Å². The lowest BCUT2D eigenvalue weighted by Crippen LogP contribution is -2.46. The third kappa shape index (κ3) is 10.4. The van der Waals surface area contributed by atoms with Gasteiger partial charge in [-0.05, 0) is 43.4 Å². The van der Waals surface area contributed by atoms with Crippen LogP contribution in [0.4, 0.5) is 9.59 Å². The largest absolute Gasteiger partial charge is 0.466 e. The molecule has 3 aliphatic rings. The van der Waals surface area contributed by atoms with Crippen LogP contribution in [0.25, 0.3) is 0 Å². The maximum absolute atomic E-state index is 13.6. The summed E-state index contributed by atoms with van der Waals surface area (Å²) >= 11 is 0. The van der Waals surface area contributed by atoms with Crippen molar-refractivity contribution in [2.24, 2.45) is 11.8 Å². The van der Waals surface area contributed by atoms with Gasteiger partial charge in [0.05, 0.1) is 37.1 Å². The smallest absolute Gasteiger partial charge is 0.417 e. The van der Waals surface area contributed by atoms with E-state index >= 15 is 0 Å². The molecule has 3 aromatic rings. The van der Waals surface area contributed by atoms with Crippen LogP contribution in [0.3, 0.4) is 0 Å². The fourth-order valence-corrected chi connectivity index (χ4v) is 6.72. The Morgan fingerprint density at radius 3 is 1.67 bits per heavy atom. The van der Waals surface area contributed by atoms with Crippen LogP contribution in [-0.4, -0.2) is 102 Å². The highest BCUT2D eigenvalue weighted by Crippen LogP contribution is 2.31. The fraction of sp³-hybridized carbons (Fsp3) is 0.366. The predicted octanol–water partition coefficient (Wildman–Crippen LogP) is 4.58. The molecule has 0 aliphatic carbocycles. The summed E-state index contributed by atoms with van der Waals surface area (Å²) in [4.78, 5) is 78.1. The molecule has 0 N–H and O–H groups in total. The van der Waals surface area contributed by atoms with E-state index in [1.54, 1.807) is 13.8 Å². The Morgan fingerprint density at radius 2 is 1.13 bits per heavy atom. The first kappa shape index (κ1) is 39.4. The molecule has 6 rings (SSSR count). The molecule has 3 aliphatic heterocycles. The summed E-state index contributed by atoms with van der Waals surface area (Å²) in [6.45, 7) is 5.61. The van der Waals surface area contributed by atoms with Gasteiger partial charge in [0.25, 0.3) is 5.91 Å². The zero-order chi connectivity index (χ0) is 38.5. The number of ether oxygens (including phenoxy) is 4. The quantitative estimate of drug-likeness (QED) is 0.146. The van der Waals surface area contributed by atoms with E-state index in [4.69, 9.17) is 18.9 Å². The van der Waals surface area contributed by atoms with E-state index in [1.807, 2.05) is 91.0 Å². The Morgan fingerprint density at radius 1 is 0.648 bits per heavy atom. The summed E-state index contributed by atoms with van der Waals surface area (Å²) in [6, 6.07) is 28.3. The highest BCUT2D eigenvalue weighted by molar-refractivity contribution is 6.02. The van der Waals surface area contributed by atoms with Gasteiger partial charge in [-0.25, -0.2) is 24.2 Å². The van der Waals surface area contributed by atoms with Crippen LogP contribution in [0.15, 0.2) is 103 Å². The van der Waals surface area contributed by atoms with Crippen molar-refractivity contribution in [2.45, 2.75) is 45.3 Å². The van der Waals surface area contributed by atoms with Crippen molar-refractivity contribution in [1.29, 1.82) is 0 Å². The number of nitrogens with zero attached hydrogens (tertiary/aromatic N) is 3.